The quantitative estimate of drug-likeness (QED) is 0.168. The number of aliphatic hydroxyl groups is 1. The highest BCUT2D eigenvalue weighted by Gasteiger charge is 2.44. The standard InChI is InChI=1S/C29H33ClFN7O3.CH2O2/c1-6-27(39)34-21-11-22(25(41-5)12-23(21)38-14-16-13-37(4)24(16)15-38)35-28-32-8-7-26(36-28)33-20-10-18(30)19(31)9-17(20)29(2,3)40;2-1-3/h6-12,16,24,40H,1,13-15H2,2-5H3,(H,34,39)(H2,32,33,35,36);1H,(H,2,3)/t16-,24?;/m1./s1. The summed E-state index contributed by atoms with van der Waals surface area (Å²) in [6, 6.07) is 8.39. The highest BCUT2D eigenvalue weighted by molar-refractivity contribution is 6.31. The van der Waals surface area contributed by atoms with Crippen LogP contribution in [0.4, 0.5) is 38.9 Å². The molecule has 2 aromatic carbocycles. The van der Waals surface area contributed by atoms with E-state index in [0.717, 1.165) is 25.3 Å². The molecule has 14 heteroatoms. The van der Waals surface area contributed by atoms with Crippen LogP contribution in [0.2, 0.25) is 5.02 Å². The maximum atomic E-state index is 14.2. The zero-order chi connectivity index (χ0) is 32.2. The number of nitrogens with one attached hydrogen (secondary N) is 3. The molecule has 2 aliphatic rings. The number of hydrogen-bond donors (Lipinski definition) is 5. The Morgan fingerprint density at radius 2 is 1.91 bits per heavy atom. The van der Waals surface area contributed by atoms with Crippen LogP contribution in [-0.2, 0) is 15.2 Å². The molecule has 234 valence electrons. The minimum atomic E-state index is -1.34. The van der Waals surface area contributed by atoms with Crippen molar-refractivity contribution in [3.05, 3.63) is 65.6 Å². The Labute approximate surface area is 259 Å². The number of carbonyl (C=O) groups is 2. The number of carbonyl (C=O) groups excluding carboxylic acids is 1. The summed E-state index contributed by atoms with van der Waals surface area (Å²) >= 11 is 6.02. The monoisotopic (exact) mass is 627 g/mol. The summed E-state index contributed by atoms with van der Waals surface area (Å²) in [5.74, 6) is 0.778. The first kappa shape index (κ1) is 32.5. The average molecular weight is 628 g/mol. The lowest BCUT2D eigenvalue weighted by Crippen LogP contribution is -2.52. The van der Waals surface area contributed by atoms with Gasteiger partial charge in [0, 0.05) is 55.1 Å². The van der Waals surface area contributed by atoms with Crippen LogP contribution in [0.15, 0.2) is 49.2 Å². The smallest absolute Gasteiger partial charge is 0.290 e. The third-order valence-corrected chi connectivity index (χ3v) is 7.77. The van der Waals surface area contributed by atoms with Crippen LogP contribution in [0.1, 0.15) is 19.4 Å². The molecule has 5 rings (SSSR count). The molecule has 3 heterocycles. The SMILES string of the molecule is C=CC(=O)Nc1cc(Nc2nccc(Nc3cc(Cl)c(F)cc3C(C)(C)O)n2)c(OC)cc1N1CC2[C@@H](C1)CN2C.O=CO. The van der Waals surface area contributed by atoms with E-state index in [1.807, 2.05) is 6.07 Å². The lowest BCUT2D eigenvalue weighted by molar-refractivity contribution is -0.122. The molecule has 0 spiro atoms. The van der Waals surface area contributed by atoms with Gasteiger partial charge in [-0.3, -0.25) is 9.59 Å². The molecule has 5 N–H and O–H groups in total. The number of fused-ring (bicyclic) bond motifs is 1. The lowest BCUT2D eigenvalue weighted by Gasteiger charge is -2.40. The second-order valence-electron chi connectivity index (χ2n) is 10.9. The normalized spacial score (nSPS) is 17.4. The fourth-order valence-corrected chi connectivity index (χ4v) is 5.55. The van der Waals surface area contributed by atoms with Crippen molar-refractivity contribution in [1.82, 2.24) is 14.9 Å². The number of nitrogens with zero attached hydrogens (tertiary/aromatic N) is 4. The molecule has 2 atom stereocenters. The molecule has 1 unspecified atom stereocenters. The summed E-state index contributed by atoms with van der Waals surface area (Å²) in [5, 5.41) is 26.6. The van der Waals surface area contributed by atoms with Crippen molar-refractivity contribution in [3.8, 4) is 5.75 Å². The summed E-state index contributed by atoms with van der Waals surface area (Å²) < 4.78 is 19.9. The van der Waals surface area contributed by atoms with Crippen LogP contribution in [-0.4, -0.2) is 77.3 Å². The van der Waals surface area contributed by atoms with Gasteiger partial charge in [-0.15, -0.1) is 0 Å². The third kappa shape index (κ3) is 7.18. The number of halogens is 2. The van der Waals surface area contributed by atoms with Gasteiger partial charge in [-0.25, -0.2) is 9.37 Å². The summed E-state index contributed by atoms with van der Waals surface area (Å²) in [7, 11) is 3.70. The van der Waals surface area contributed by atoms with Crippen LogP contribution in [0.3, 0.4) is 0 Å². The predicted octanol–water partition coefficient (Wildman–Crippen LogP) is 4.57. The number of benzene rings is 2. The van der Waals surface area contributed by atoms with Crippen molar-refractivity contribution < 1.29 is 28.9 Å². The summed E-state index contributed by atoms with van der Waals surface area (Å²) in [6.45, 7) is 9.23. The molecule has 0 aliphatic carbocycles. The Bertz CT molecular complexity index is 1550. The zero-order valence-electron chi connectivity index (χ0n) is 24.8. The van der Waals surface area contributed by atoms with Gasteiger partial charge >= 0.3 is 0 Å². The Balaban J connectivity index is 0.00000141. The molecule has 2 fully saturated rings. The van der Waals surface area contributed by atoms with Crippen LogP contribution in [0.25, 0.3) is 0 Å². The van der Waals surface area contributed by atoms with E-state index in [9.17, 15) is 14.3 Å². The van der Waals surface area contributed by atoms with Crippen LogP contribution in [0.5, 0.6) is 5.75 Å². The lowest BCUT2D eigenvalue weighted by atomic mass is 9.93. The Kier molecular flexibility index (Phi) is 9.92. The number of carboxylic acid groups (broad SMARTS) is 1. The van der Waals surface area contributed by atoms with Crippen molar-refractivity contribution in [2.75, 3.05) is 54.6 Å². The number of methoxy groups -OCH3 is 1. The van der Waals surface area contributed by atoms with Crippen molar-refractivity contribution >= 4 is 58.5 Å². The molecule has 2 aliphatic heterocycles. The first-order valence-electron chi connectivity index (χ1n) is 13.7. The van der Waals surface area contributed by atoms with Crippen LogP contribution < -0.4 is 25.6 Å². The zero-order valence-corrected chi connectivity index (χ0v) is 25.5. The number of anilines is 6. The van der Waals surface area contributed by atoms with E-state index in [1.165, 1.54) is 18.2 Å². The van der Waals surface area contributed by atoms with E-state index >= 15 is 0 Å². The third-order valence-electron chi connectivity index (χ3n) is 7.48. The highest BCUT2D eigenvalue weighted by atomic mass is 35.5. The van der Waals surface area contributed by atoms with Crippen molar-refractivity contribution in [2.45, 2.75) is 25.5 Å². The second kappa shape index (κ2) is 13.5. The van der Waals surface area contributed by atoms with E-state index in [0.29, 0.717) is 46.2 Å². The molecule has 12 nitrogen and oxygen atoms in total. The number of ether oxygens (including phenoxy) is 1. The maximum Gasteiger partial charge on any atom is 0.290 e. The number of likely N-dealkylation sites (tertiary alicyclic amines) is 1. The fourth-order valence-electron chi connectivity index (χ4n) is 5.38. The fraction of sp³-hybridized carbons (Fsp3) is 0.333. The van der Waals surface area contributed by atoms with Crippen molar-refractivity contribution in [2.24, 2.45) is 5.92 Å². The van der Waals surface area contributed by atoms with E-state index in [1.54, 1.807) is 39.3 Å². The molecule has 44 heavy (non-hydrogen) atoms. The van der Waals surface area contributed by atoms with Gasteiger partial charge in [0.2, 0.25) is 11.9 Å². The molecular weight excluding hydrogens is 593 g/mol. The van der Waals surface area contributed by atoms with Gasteiger partial charge in [0.05, 0.1) is 34.8 Å². The minimum Gasteiger partial charge on any atom is -0.494 e. The molecule has 3 aromatic rings. The predicted molar refractivity (Wildman–Crippen MR) is 168 cm³/mol. The Morgan fingerprint density at radius 3 is 2.52 bits per heavy atom. The first-order chi connectivity index (χ1) is 20.9. The Morgan fingerprint density at radius 1 is 1.18 bits per heavy atom. The number of amides is 1. The molecule has 1 aromatic heterocycles. The molecular formula is C30H35ClFN7O5. The molecule has 0 radical (unpaired) electrons. The van der Waals surface area contributed by atoms with Gasteiger partial charge in [-0.2, -0.15) is 4.98 Å². The van der Waals surface area contributed by atoms with Gasteiger partial charge < -0.3 is 40.7 Å². The van der Waals surface area contributed by atoms with Gasteiger partial charge in [-0.05, 0) is 51.2 Å². The van der Waals surface area contributed by atoms with Crippen LogP contribution in [0, 0.1) is 11.7 Å². The van der Waals surface area contributed by atoms with Crippen molar-refractivity contribution in [1.29, 1.82) is 0 Å². The van der Waals surface area contributed by atoms with E-state index in [-0.39, 0.29) is 23.4 Å². The molecule has 0 saturated carbocycles. The first-order valence-corrected chi connectivity index (χ1v) is 14.0. The highest BCUT2D eigenvalue weighted by Crippen LogP contribution is 2.42. The number of aromatic nitrogens is 2. The van der Waals surface area contributed by atoms with E-state index in [2.05, 4.69) is 49.3 Å². The molecule has 2 saturated heterocycles. The van der Waals surface area contributed by atoms with Gasteiger partial charge in [-0.1, -0.05) is 18.2 Å². The molecule has 1 amide bonds. The van der Waals surface area contributed by atoms with E-state index < -0.39 is 11.4 Å². The molecule has 0 bridgehead atoms. The second-order valence-corrected chi connectivity index (χ2v) is 11.3. The summed E-state index contributed by atoms with van der Waals surface area (Å²) in [5.41, 5.74) is 1.37. The number of likely N-dealkylation sites (N-methyl/N-ethyl adjacent to an activating group) is 1. The minimum absolute atomic E-state index is 0.0931. The summed E-state index contributed by atoms with van der Waals surface area (Å²) in [4.78, 5) is 34.2. The van der Waals surface area contributed by atoms with Gasteiger partial charge in [0.1, 0.15) is 17.4 Å². The van der Waals surface area contributed by atoms with Crippen LogP contribution >= 0.6 is 11.6 Å². The number of rotatable bonds is 9. The van der Waals surface area contributed by atoms with Crippen molar-refractivity contribution in [3.63, 3.8) is 0 Å². The van der Waals surface area contributed by atoms with Gasteiger partial charge in [0.25, 0.3) is 6.47 Å². The topological polar surface area (TPSA) is 152 Å². The van der Waals surface area contributed by atoms with Gasteiger partial charge in [0.15, 0.2) is 0 Å². The number of hydrogen-bond acceptors (Lipinski definition) is 10. The average Bonchev–Trinajstić information content (AvgIpc) is 3.31. The maximum absolute atomic E-state index is 14.2. The summed E-state index contributed by atoms with van der Waals surface area (Å²) in [6.07, 6.45) is 2.77. The van der Waals surface area contributed by atoms with E-state index in [4.69, 9.17) is 26.2 Å². The Hall–Kier alpha value is -4.46. The largest absolute Gasteiger partial charge is 0.494 e.